The molecular weight excluding hydrogens is 162 g/mol. The molecule has 0 bridgehead atoms. The summed E-state index contributed by atoms with van der Waals surface area (Å²) in [7, 11) is 1.50. The van der Waals surface area contributed by atoms with Crippen molar-refractivity contribution in [2.24, 2.45) is 10.7 Å². The molecule has 0 spiro atoms. The number of hydrogen-bond donors (Lipinski definition) is 2. The number of hydrogen-bond acceptors (Lipinski definition) is 3. The van der Waals surface area contributed by atoms with E-state index < -0.39 is 0 Å². The smallest absolute Gasteiger partial charge is 0.0397 e. The first-order valence-corrected chi connectivity index (χ1v) is 5.14. The molecule has 0 aliphatic carbocycles. The molecule has 13 heavy (non-hydrogen) atoms. The van der Waals surface area contributed by atoms with Gasteiger partial charge in [-0.15, -0.1) is 0 Å². The van der Waals surface area contributed by atoms with Gasteiger partial charge in [-0.1, -0.05) is 13.3 Å². The summed E-state index contributed by atoms with van der Waals surface area (Å²) in [6, 6.07) is 0. The van der Waals surface area contributed by atoms with E-state index in [0.29, 0.717) is 0 Å². The fraction of sp³-hybridized carbons (Fsp3) is 0.900. The number of aliphatic imine (C=N–C) groups is 1. The third-order valence-corrected chi connectivity index (χ3v) is 1.53. The molecule has 80 valence electrons. The van der Waals surface area contributed by atoms with E-state index in [-0.39, 0.29) is 0 Å². The highest BCUT2D eigenvalue weighted by Gasteiger charge is 1.85. The number of nitrogens with zero attached hydrogens (tertiary/aromatic N) is 1. The van der Waals surface area contributed by atoms with E-state index in [9.17, 15) is 0 Å². The summed E-state index contributed by atoms with van der Waals surface area (Å²) >= 11 is 0. The van der Waals surface area contributed by atoms with Crippen LogP contribution in [0.5, 0.6) is 0 Å². The minimum atomic E-state index is 0.968. The zero-order valence-electron chi connectivity index (χ0n) is 9.34. The molecule has 0 aliphatic heterocycles. The van der Waals surface area contributed by atoms with Crippen LogP contribution in [0.2, 0.25) is 0 Å². The van der Waals surface area contributed by atoms with Gasteiger partial charge in [-0.2, -0.15) is 0 Å². The first-order chi connectivity index (χ1) is 6.41. The van der Waals surface area contributed by atoms with Crippen LogP contribution in [0.1, 0.15) is 33.1 Å². The Morgan fingerprint density at radius 1 is 1.23 bits per heavy atom. The summed E-state index contributed by atoms with van der Waals surface area (Å²) in [5, 5.41) is 3.37. The van der Waals surface area contributed by atoms with Crippen LogP contribution in [0, 0.1) is 0 Å². The van der Waals surface area contributed by atoms with Crippen LogP contribution in [0.15, 0.2) is 4.99 Å². The van der Waals surface area contributed by atoms with Gasteiger partial charge in [-0.05, 0) is 46.1 Å². The van der Waals surface area contributed by atoms with E-state index >= 15 is 0 Å². The summed E-state index contributed by atoms with van der Waals surface area (Å²) in [5.41, 5.74) is 4.50. The average Bonchev–Trinajstić information content (AvgIpc) is 2.20. The van der Waals surface area contributed by atoms with Crippen LogP contribution in [-0.2, 0) is 0 Å². The highest BCUT2D eigenvalue weighted by Crippen LogP contribution is 1.83. The molecule has 0 saturated carbocycles. The van der Waals surface area contributed by atoms with Gasteiger partial charge in [0.1, 0.15) is 0 Å². The molecule has 0 rings (SSSR count). The van der Waals surface area contributed by atoms with Crippen molar-refractivity contribution in [3.05, 3.63) is 0 Å². The number of nitrogens with one attached hydrogen (secondary N) is 1. The summed E-state index contributed by atoms with van der Waals surface area (Å²) < 4.78 is 0. The summed E-state index contributed by atoms with van der Waals surface area (Å²) in [4.78, 5) is 4.12. The van der Waals surface area contributed by atoms with Crippen molar-refractivity contribution in [1.29, 1.82) is 0 Å². The SMILES string of the molecule is CC=NCCCNCCCC.CN. The van der Waals surface area contributed by atoms with Crippen LogP contribution in [-0.4, -0.2) is 32.9 Å². The molecule has 3 nitrogen and oxygen atoms in total. The van der Waals surface area contributed by atoms with Gasteiger partial charge in [-0.3, -0.25) is 4.99 Å². The van der Waals surface area contributed by atoms with Crippen LogP contribution in [0.4, 0.5) is 0 Å². The van der Waals surface area contributed by atoms with Crippen LogP contribution >= 0.6 is 0 Å². The molecule has 0 aromatic carbocycles. The molecule has 0 fully saturated rings. The first-order valence-electron chi connectivity index (χ1n) is 5.14. The highest BCUT2D eigenvalue weighted by atomic mass is 14.8. The van der Waals surface area contributed by atoms with Crippen LogP contribution in [0.3, 0.4) is 0 Å². The normalized spacial score (nSPS) is 9.85. The van der Waals surface area contributed by atoms with E-state index in [1.54, 1.807) is 0 Å². The molecule has 0 aromatic rings. The van der Waals surface area contributed by atoms with Crippen molar-refractivity contribution in [2.45, 2.75) is 33.1 Å². The topological polar surface area (TPSA) is 50.4 Å². The Kier molecular flexibility index (Phi) is 20.4. The number of unbranched alkanes of at least 4 members (excludes halogenated alkanes) is 1. The quantitative estimate of drug-likeness (QED) is 0.468. The Bertz CT molecular complexity index is 92.2. The van der Waals surface area contributed by atoms with E-state index in [1.165, 1.54) is 19.9 Å². The van der Waals surface area contributed by atoms with Crippen LogP contribution in [0.25, 0.3) is 0 Å². The molecule has 0 amide bonds. The minimum absolute atomic E-state index is 0.968. The van der Waals surface area contributed by atoms with Gasteiger partial charge in [0.25, 0.3) is 0 Å². The molecule has 0 radical (unpaired) electrons. The summed E-state index contributed by atoms with van der Waals surface area (Å²) in [5.74, 6) is 0. The second-order valence-corrected chi connectivity index (χ2v) is 2.62. The predicted molar refractivity (Wildman–Crippen MR) is 61.5 cm³/mol. The van der Waals surface area contributed by atoms with Crippen molar-refractivity contribution in [3.8, 4) is 0 Å². The number of rotatable bonds is 7. The van der Waals surface area contributed by atoms with E-state index in [1.807, 2.05) is 13.1 Å². The summed E-state index contributed by atoms with van der Waals surface area (Å²) in [6.07, 6.45) is 5.59. The fourth-order valence-corrected chi connectivity index (χ4v) is 0.851. The van der Waals surface area contributed by atoms with E-state index in [4.69, 9.17) is 0 Å². The van der Waals surface area contributed by atoms with Gasteiger partial charge in [-0.25, -0.2) is 0 Å². The molecule has 0 aromatic heterocycles. The van der Waals surface area contributed by atoms with Crippen molar-refractivity contribution in [1.82, 2.24) is 5.32 Å². The van der Waals surface area contributed by atoms with Crippen molar-refractivity contribution >= 4 is 6.21 Å². The lowest BCUT2D eigenvalue weighted by atomic mass is 10.3. The number of nitrogens with two attached hydrogens (primary N) is 1. The Morgan fingerprint density at radius 3 is 2.38 bits per heavy atom. The predicted octanol–water partition coefficient (Wildman–Crippen LogP) is 1.43. The lowest BCUT2D eigenvalue weighted by Crippen LogP contribution is -2.17. The molecule has 0 saturated heterocycles. The van der Waals surface area contributed by atoms with Crippen molar-refractivity contribution < 1.29 is 0 Å². The molecule has 3 heteroatoms. The maximum Gasteiger partial charge on any atom is 0.0397 e. The zero-order chi connectivity index (χ0) is 10.4. The lowest BCUT2D eigenvalue weighted by Gasteiger charge is -2.00. The maximum atomic E-state index is 4.50. The third-order valence-electron chi connectivity index (χ3n) is 1.53. The molecule has 0 atom stereocenters. The molecule has 0 heterocycles. The molecule has 0 aliphatic rings. The first kappa shape index (κ1) is 15.1. The second-order valence-electron chi connectivity index (χ2n) is 2.62. The second kappa shape index (κ2) is 17.6. The average molecular weight is 187 g/mol. The van der Waals surface area contributed by atoms with E-state index in [2.05, 4.69) is 23.0 Å². The standard InChI is InChI=1S/C9H20N2.CH5N/c1-3-5-7-11-9-6-8-10-4-2;1-2/h4,11H,3,5-9H2,1-2H3;2H2,1H3. The largest absolute Gasteiger partial charge is 0.333 e. The molecule has 0 unspecified atom stereocenters. The van der Waals surface area contributed by atoms with Gasteiger partial charge >= 0.3 is 0 Å². The van der Waals surface area contributed by atoms with Gasteiger partial charge in [0, 0.05) is 6.54 Å². The van der Waals surface area contributed by atoms with Crippen LogP contribution < -0.4 is 11.1 Å². The molecule has 3 N–H and O–H groups in total. The Labute approximate surface area is 82.8 Å². The fourth-order valence-electron chi connectivity index (χ4n) is 0.851. The Morgan fingerprint density at radius 2 is 1.85 bits per heavy atom. The van der Waals surface area contributed by atoms with Crippen molar-refractivity contribution in [2.75, 3.05) is 26.7 Å². The lowest BCUT2D eigenvalue weighted by molar-refractivity contribution is 0.621. The Balaban J connectivity index is 0. The third kappa shape index (κ3) is 18.5. The Hall–Kier alpha value is -0.410. The monoisotopic (exact) mass is 187 g/mol. The minimum Gasteiger partial charge on any atom is -0.333 e. The van der Waals surface area contributed by atoms with Crippen molar-refractivity contribution in [3.63, 3.8) is 0 Å². The van der Waals surface area contributed by atoms with Gasteiger partial charge in [0.2, 0.25) is 0 Å². The van der Waals surface area contributed by atoms with Gasteiger partial charge in [0.15, 0.2) is 0 Å². The highest BCUT2D eigenvalue weighted by molar-refractivity contribution is 5.53. The maximum absolute atomic E-state index is 4.50. The summed E-state index contributed by atoms with van der Waals surface area (Å²) in [6.45, 7) is 7.41. The van der Waals surface area contributed by atoms with Gasteiger partial charge in [0.05, 0.1) is 0 Å². The van der Waals surface area contributed by atoms with E-state index in [0.717, 1.165) is 26.1 Å². The molecular formula is C10H25N3. The zero-order valence-corrected chi connectivity index (χ0v) is 9.34. The van der Waals surface area contributed by atoms with Gasteiger partial charge < -0.3 is 11.1 Å².